The molecule has 0 aliphatic carbocycles. The number of nitrogens with one attached hydrogen (secondary N) is 1. The van der Waals surface area contributed by atoms with E-state index in [0.717, 1.165) is 11.3 Å². The maximum atomic E-state index is 12.2. The van der Waals surface area contributed by atoms with Gasteiger partial charge < -0.3 is 15.0 Å². The number of anilines is 1. The second kappa shape index (κ2) is 7.68. The molecule has 130 valence electrons. The largest absolute Gasteiger partial charge is 0.365 e. The Labute approximate surface area is 151 Å². The van der Waals surface area contributed by atoms with Gasteiger partial charge in [-0.05, 0) is 43.3 Å². The molecule has 6 heteroatoms. The highest BCUT2D eigenvalue weighted by Gasteiger charge is 2.27. The first-order chi connectivity index (χ1) is 12.0. The highest BCUT2D eigenvalue weighted by Crippen LogP contribution is 2.19. The maximum Gasteiger partial charge on any atom is 0.253 e. The topological polar surface area (TPSA) is 58.6 Å². The molecule has 1 N–H and O–H groups in total. The fourth-order valence-electron chi connectivity index (χ4n) is 2.63. The Balaban J connectivity index is 1.59. The van der Waals surface area contributed by atoms with Gasteiger partial charge in [0.25, 0.3) is 11.8 Å². The molecule has 0 radical (unpaired) electrons. The third-order valence-corrected chi connectivity index (χ3v) is 4.32. The number of benzene rings is 2. The lowest BCUT2D eigenvalue weighted by Crippen LogP contribution is -2.50. The molecule has 2 amide bonds. The van der Waals surface area contributed by atoms with E-state index in [2.05, 4.69) is 5.32 Å². The van der Waals surface area contributed by atoms with E-state index in [0.29, 0.717) is 23.7 Å². The van der Waals surface area contributed by atoms with Gasteiger partial charge in [-0.15, -0.1) is 0 Å². The van der Waals surface area contributed by atoms with Gasteiger partial charge in [-0.2, -0.15) is 0 Å². The highest BCUT2D eigenvalue weighted by atomic mass is 35.5. The first kappa shape index (κ1) is 17.5. The summed E-state index contributed by atoms with van der Waals surface area (Å²) in [5.41, 5.74) is 2.51. The van der Waals surface area contributed by atoms with Crippen molar-refractivity contribution in [3.05, 3.63) is 64.7 Å². The summed E-state index contributed by atoms with van der Waals surface area (Å²) in [4.78, 5) is 26.0. The number of hydrogen-bond acceptors (Lipinski definition) is 3. The smallest absolute Gasteiger partial charge is 0.253 e. The van der Waals surface area contributed by atoms with Gasteiger partial charge in [0.1, 0.15) is 6.61 Å². The first-order valence-electron chi connectivity index (χ1n) is 8.05. The molecule has 0 saturated carbocycles. The Kier molecular flexibility index (Phi) is 5.36. The fourth-order valence-corrected chi connectivity index (χ4v) is 2.76. The van der Waals surface area contributed by atoms with Crippen LogP contribution in [0.4, 0.5) is 5.69 Å². The number of hydrogen-bond donors (Lipinski definition) is 1. The minimum absolute atomic E-state index is 0.00928. The number of nitrogens with zero attached hydrogens (tertiary/aromatic N) is 1. The summed E-state index contributed by atoms with van der Waals surface area (Å²) in [5.74, 6) is -0.275. The second-order valence-electron chi connectivity index (χ2n) is 5.99. The van der Waals surface area contributed by atoms with E-state index in [1.807, 2.05) is 31.2 Å². The van der Waals surface area contributed by atoms with Crippen LogP contribution in [0.2, 0.25) is 5.02 Å². The van der Waals surface area contributed by atoms with Gasteiger partial charge in [0.05, 0.1) is 12.6 Å². The molecule has 2 aromatic rings. The lowest BCUT2D eigenvalue weighted by molar-refractivity contribution is -0.129. The van der Waals surface area contributed by atoms with Crippen LogP contribution in [0.5, 0.6) is 0 Å². The number of carbonyl (C=O) groups is 2. The predicted molar refractivity (Wildman–Crippen MR) is 97.1 cm³/mol. The number of amides is 2. The summed E-state index contributed by atoms with van der Waals surface area (Å²) in [6.07, 6.45) is -0.254. The van der Waals surface area contributed by atoms with Gasteiger partial charge in [0.15, 0.2) is 0 Å². The molecule has 25 heavy (non-hydrogen) atoms. The molecule has 1 atom stereocenters. The van der Waals surface area contributed by atoms with Crippen molar-refractivity contribution in [2.24, 2.45) is 0 Å². The Morgan fingerprint density at radius 3 is 2.56 bits per heavy atom. The van der Waals surface area contributed by atoms with Crippen LogP contribution < -0.4 is 10.2 Å². The van der Waals surface area contributed by atoms with Gasteiger partial charge in [-0.3, -0.25) is 9.59 Å². The number of morpholine rings is 1. The summed E-state index contributed by atoms with van der Waals surface area (Å²) in [7, 11) is 0. The molecule has 0 bridgehead atoms. The van der Waals surface area contributed by atoms with Gasteiger partial charge in [0.2, 0.25) is 0 Å². The number of rotatable bonds is 4. The number of aryl methyl sites for hydroxylation is 1. The van der Waals surface area contributed by atoms with E-state index in [9.17, 15) is 9.59 Å². The zero-order valence-electron chi connectivity index (χ0n) is 13.9. The average Bonchev–Trinajstić information content (AvgIpc) is 2.62. The molecule has 0 spiro atoms. The third-order valence-electron chi connectivity index (χ3n) is 4.07. The molecule has 1 saturated heterocycles. The minimum atomic E-state index is -0.254. The van der Waals surface area contributed by atoms with E-state index in [1.165, 1.54) is 0 Å². The van der Waals surface area contributed by atoms with E-state index < -0.39 is 0 Å². The van der Waals surface area contributed by atoms with Crippen molar-refractivity contribution in [2.75, 3.05) is 24.6 Å². The van der Waals surface area contributed by atoms with Crippen molar-refractivity contribution in [1.29, 1.82) is 0 Å². The van der Waals surface area contributed by atoms with Crippen molar-refractivity contribution in [3.63, 3.8) is 0 Å². The Morgan fingerprint density at radius 2 is 1.88 bits per heavy atom. The van der Waals surface area contributed by atoms with Crippen LogP contribution in [-0.2, 0) is 9.53 Å². The lowest BCUT2D eigenvalue weighted by Gasteiger charge is -2.33. The monoisotopic (exact) mass is 358 g/mol. The minimum Gasteiger partial charge on any atom is -0.365 e. The van der Waals surface area contributed by atoms with Crippen LogP contribution in [0.1, 0.15) is 15.9 Å². The van der Waals surface area contributed by atoms with E-state index in [4.69, 9.17) is 16.3 Å². The number of ether oxygens (including phenoxy) is 1. The number of carbonyl (C=O) groups excluding carboxylic acids is 2. The normalized spacial score (nSPS) is 17.4. The number of halogens is 1. The predicted octanol–water partition coefficient (Wildman–Crippen LogP) is 2.81. The van der Waals surface area contributed by atoms with Crippen molar-refractivity contribution in [2.45, 2.75) is 13.0 Å². The summed E-state index contributed by atoms with van der Waals surface area (Å²) in [6, 6.07) is 14.5. The van der Waals surface area contributed by atoms with Gasteiger partial charge >= 0.3 is 0 Å². The van der Waals surface area contributed by atoms with E-state index in [1.54, 1.807) is 29.2 Å². The average molecular weight is 359 g/mol. The van der Waals surface area contributed by atoms with Crippen LogP contribution >= 0.6 is 11.6 Å². The van der Waals surface area contributed by atoms with Crippen molar-refractivity contribution in [3.8, 4) is 0 Å². The van der Waals surface area contributed by atoms with Crippen molar-refractivity contribution >= 4 is 29.1 Å². The zero-order valence-corrected chi connectivity index (χ0v) is 14.6. The molecule has 2 aromatic carbocycles. The Bertz CT molecular complexity index is 759. The van der Waals surface area contributed by atoms with E-state index in [-0.39, 0.29) is 24.5 Å². The molecular weight excluding hydrogens is 340 g/mol. The lowest BCUT2D eigenvalue weighted by atomic mass is 10.1. The SMILES string of the molecule is Cc1ccc(N2CC(CNC(=O)c3ccc(Cl)cc3)OCC2=O)cc1. The van der Waals surface area contributed by atoms with Gasteiger partial charge in [-0.1, -0.05) is 29.3 Å². The van der Waals surface area contributed by atoms with Crippen molar-refractivity contribution in [1.82, 2.24) is 5.32 Å². The molecule has 1 aliphatic heterocycles. The molecule has 3 rings (SSSR count). The van der Waals surface area contributed by atoms with Crippen molar-refractivity contribution < 1.29 is 14.3 Å². The quantitative estimate of drug-likeness (QED) is 0.914. The first-order valence-corrected chi connectivity index (χ1v) is 8.43. The second-order valence-corrected chi connectivity index (χ2v) is 6.43. The van der Waals surface area contributed by atoms with E-state index >= 15 is 0 Å². The summed E-state index contributed by atoms with van der Waals surface area (Å²) in [6.45, 7) is 2.75. The maximum absolute atomic E-state index is 12.2. The summed E-state index contributed by atoms with van der Waals surface area (Å²) < 4.78 is 5.54. The molecule has 1 unspecified atom stereocenters. The molecule has 0 aromatic heterocycles. The summed E-state index contributed by atoms with van der Waals surface area (Å²) in [5, 5.41) is 3.42. The third kappa shape index (κ3) is 4.38. The molecule has 1 aliphatic rings. The fraction of sp³-hybridized carbons (Fsp3) is 0.263. The molecular formula is C19H19ClN2O3. The highest BCUT2D eigenvalue weighted by molar-refractivity contribution is 6.30. The van der Waals surface area contributed by atoms with Gasteiger partial charge in [-0.25, -0.2) is 0 Å². The van der Waals surface area contributed by atoms with Gasteiger partial charge in [0, 0.05) is 22.8 Å². The standard InChI is InChI=1S/C19H19ClN2O3/c1-13-2-8-16(9-3-13)22-11-17(25-12-18(22)23)10-21-19(24)14-4-6-15(20)7-5-14/h2-9,17H,10-12H2,1H3,(H,21,24). The van der Waals surface area contributed by atoms with Crippen LogP contribution in [0.25, 0.3) is 0 Å². The Hall–Kier alpha value is -2.37. The van der Waals surface area contributed by atoms with Crippen LogP contribution in [0, 0.1) is 6.92 Å². The zero-order chi connectivity index (χ0) is 17.8. The molecule has 1 heterocycles. The Morgan fingerprint density at radius 1 is 1.20 bits per heavy atom. The summed E-state index contributed by atoms with van der Waals surface area (Å²) >= 11 is 5.82. The molecule has 5 nitrogen and oxygen atoms in total. The van der Waals surface area contributed by atoms with Crippen LogP contribution in [-0.4, -0.2) is 37.6 Å². The molecule has 1 fully saturated rings. The van der Waals surface area contributed by atoms with Crippen LogP contribution in [0.15, 0.2) is 48.5 Å². The van der Waals surface area contributed by atoms with Crippen LogP contribution in [0.3, 0.4) is 0 Å².